The van der Waals surface area contributed by atoms with Crippen LogP contribution in [0, 0.1) is 6.92 Å². The maximum absolute atomic E-state index is 13.6. The number of hydrogen-bond acceptors (Lipinski definition) is 3. The van der Waals surface area contributed by atoms with Crippen molar-refractivity contribution in [3.8, 4) is 5.69 Å². The molecule has 33 heavy (non-hydrogen) atoms. The average molecular weight is 437 g/mol. The second-order valence-electron chi connectivity index (χ2n) is 8.21. The summed E-state index contributed by atoms with van der Waals surface area (Å²) < 4.78 is 3.15. The number of anilines is 1. The minimum atomic E-state index is -0.360. The van der Waals surface area contributed by atoms with Gasteiger partial charge in [-0.2, -0.15) is 9.78 Å². The Morgan fingerprint density at radius 2 is 1.67 bits per heavy atom. The van der Waals surface area contributed by atoms with E-state index in [0.29, 0.717) is 22.3 Å². The third-order valence-corrected chi connectivity index (χ3v) is 6.05. The lowest BCUT2D eigenvalue weighted by Gasteiger charge is -2.11. The molecule has 0 radical (unpaired) electrons. The topological polar surface area (TPSA) is 68.9 Å². The van der Waals surface area contributed by atoms with E-state index in [1.165, 1.54) is 10.2 Å². The SMILES string of the molecule is CCc1ccc(NC(=O)c2nn(-c3ccc(C)cc3)c(=O)c3c2c2ccccc2n3C)cc1. The summed E-state index contributed by atoms with van der Waals surface area (Å²) in [4.78, 5) is 27.0. The van der Waals surface area contributed by atoms with Crippen LogP contribution in [0.25, 0.3) is 27.5 Å². The molecule has 164 valence electrons. The normalized spacial score (nSPS) is 11.2. The van der Waals surface area contributed by atoms with Crippen molar-refractivity contribution in [1.82, 2.24) is 14.3 Å². The molecule has 0 bridgehead atoms. The summed E-state index contributed by atoms with van der Waals surface area (Å²) in [6, 6.07) is 22.9. The summed E-state index contributed by atoms with van der Waals surface area (Å²) in [7, 11) is 1.84. The smallest absolute Gasteiger partial charge is 0.296 e. The lowest BCUT2D eigenvalue weighted by molar-refractivity contribution is 0.102. The van der Waals surface area contributed by atoms with Gasteiger partial charge in [-0.25, -0.2) is 0 Å². The number of aromatic nitrogens is 3. The van der Waals surface area contributed by atoms with Gasteiger partial charge < -0.3 is 9.88 Å². The molecule has 0 aliphatic rings. The van der Waals surface area contributed by atoms with Gasteiger partial charge in [0.15, 0.2) is 5.69 Å². The highest BCUT2D eigenvalue weighted by atomic mass is 16.2. The fourth-order valence-electron chi connectivity index (χ4n) is 4.21. The molecule has 0 saturated carbocycles. The van der Waals surface area contributed by atoms with E-state index < -0.39 is 0 Å². The Labute approximate surface area is 191 Å². The molecular weight excluding hydrogens is 412 g/mol. The van der Waals surface area contributed by atoms with Gasteiger partial charge in [-0.05, 0) is 49.2 Å². The van der Waals surface area contributed by atoms with Gasteiger partial charge in [0.2, 0.25) is 0 Å². The van der Waals surface area contributed by atoms with E-state index >= 15 is 0 Å². The molecule has 0 aliphatic heterocycles. The Bertz CT molecular complexity index is 1560. The highest BCUT2D eigenvalue weighted by molar-refractivity contribution is 6.19. The van der Waals surface area contributed by atoms with Gasteiger partial charge >= 0.3 is 0 Å². The molecule has 5 aromatic rings. The number of nitrogens with one attached hydrogen (secondary N) is 1. The molecule has 0 spiro atoms. The Morgan fingerprint density at radius 3 is 2.36 bits per heavy atom. The molecular formula is C27H24N4O2. The van der Waals surface area contributed by atoms with Gasteiger partial charge in [0.1, 0.15) is 5.52 Å². The van der Waals surface area contributed by atoms with E-state index in [0.717, 1.165) is 22.9 Å². The Kier molecular flexibility index (Phi) is 5.05. The van der Waals surface area contributed by atoms with Crippen molar-refractivity contribution in [2.24, 2.45) is 7.05 Å². The van der Waals surface area contributed by atoms with Crippen molar-refractivity contribution in [3.63, 3.8) is 0 Å². The van der Waals surface area contributed by atoms with E-state index in [1.807, 2.05) is 91.3 Å². The van der Waals surface area contributed by atoms with Crippen molar-refractivity contribution >= 4 is 33.4 Å². The zero-order valence-corrected chi connectivity index (χ0v) is 18.8. The third kappa shape index (κ3) is 3.49. The van der Waals surface area contributed by atoms with Crippen LogP contribution in [-0.2, 0) is 13.5 Å². The largest absolute Gasteiger partial charge is 0.339 e. The monoisotopic (exact) mass is 436 g/mol. The molecule has 2 heterocycles. The van der Waals surface area contributed by atoms with Gasteiger partial charge in [0.05, 0.1) is 5.69 Å². The minimum Gasteiger partial charge on any atom is -0.339 e. The standard InChI is InChI=1S/C27H24N4O2/c1-4-18-11-13-19(14-12-18)28-26(32)24-23-21-7-5-6-8-22(21)30(3)25(23)27(33)31(29-24)20-15-9-17(2)10-16-20/h5-16H,4H2,1-3H3,(H,28,32). The molecule has 1 amide bonds. The number of para-hydroxylation sites is 1. The van der Waals surface area contributed by atoms with Crippen LogP contribution in [0.1, 0.15) is 28.5 Å². The summed E-state index contributed by atoms with van der Waals surface area (Å²) in [5.74, 6) is -0.360. The summed E-state index contributed by atoms with van der Waals surface area (Å²) in [5.41, 5.74) is 4.81. The summed E-state index contributed by atoms with van der Waals surface area (Å²) >= 11 is 0. The van der Waals surface area contributed by atoms with Crippen LogP contribution in [0.5, 0.6) is 0 Å². The maximum atomic E-state index is 13.6. The predicted octanol–water partition coefficient (Wildman–Crippen LogP) is 5.00. The fraction of sp³-hybridized carbons (Fsp3) is 0.148. The molecule has 0 unspecified atom stereocenters. The Morgan fingerprint density at radius 1 is 0.970 bits per heavy atom. The van der Waals surface area contributed by atoms with Gasteiger partial charge in [-0.1, -0.05) is 55.0 Å². The van der Waals surface area contributed by atoms with Crippen LogP contribution in [0.4, 0.5) is 5.69 Å². The number of carbonyl (C=O) groups is 1. The van der Waals surface area contributed by atoms with E-state index in [2.05, 4.69) is 17.3 Å². The van der Waals surface area contributed by atoms with Crippen molar-refractivity contribution < 1.29 is 4.79 Å². The molecule has 1 N–H and O–H groups in total. The first-order chi connectivity index (χ1) is 16.0. The first-order valence-electron chi connectivity index (χ1n) is 11.0. The maximum Gasteiger partial charge on any atom is 0.296 e. The highest BCUT2D eigenvalue weighted by Gasteiger charge is 2.23. The van der Waals surface area contributed by atoms with Crippen molar-refractivity contribution in [2.75, 3.05) is 5.32 Å². The first kappa shape index (κ1) is 20.7. The highest BCUT2D eigenvalue weighted by Crippen LogP contribution is 2.29. The summed E-state index contributed by atoms with van der Waals surface area (Å²) in [6.45, 7) is 4.07. The number of carbonyl (C=O) groups excluding carboxylic acids is 1. The number of fused-ring (bicyclic) bond motifs is 3. The van der Waals surface area contributed by atoms with Crippen molar-refractivity contribution in [2.45, 2.75) is 20.3 Å². The average Bonchev–Trinajstić information content (AvgIpc) is 3.14. The molecule has 6 heteroatoms. The summed E-state index contributed by atoms with van der Waals surface area (Å²) in [6.07, 6.45) is 0.925. The van der Waals surface area contributed by atoms with E-state index in [9.17, 15) is 9.59 Å². The van der Waals surface area contributed by atoms with Crippen LogP contribution in [0.3, 0.4) is 0 Å². The second kappa shape index (κ2) is 8.06. The lowest BCUT2D eigenvalue weighted by atomic mass is 10.1. The van der Waals surface area contributed by atoms with Gasteiger partial charge in [0, 0.05) is 29.0 Å². The fourth-order valence-corrected chi connectivity index (χ4v) is 4.21. The zero-order valence-electron chi connectivity index (χ0n) is 18.8. The van der Waals surface area contributed by atoms with Crippen LogP contribution in [0.2, 0.25) is 0 Å². The number of aryl methyl sites for hydroxylation is 3. The summed E-state index contributed by atoms with van der Waals surface area (Å²) in [5, 5.41) is 8.91. The number of rotatable bonds is 4. The van der Waals surface area contributed by atoms with Crippen molar-refractivity contribution in [1.29, 1.82) is 0 Å². The zero-order chi connectivity index (χ0) is 23.1. The number of benzene rings is 3. The van der Waals surface area contributed by atoms with Gasteiger partial charge in [-0.3, -0.25) is 9.59 Å². The molecule has 6 nitrogen and oxygen atoms in total. The minimum absolute atomic E-state index is 0.210. The third-order valence-electron chi connectivity index (χ3n) is 6.05. The Hall–Kier alpha value is -4.19. The molecule has 0 aliphatic carbocycles. The van der Waals surface area contributed by atoms with E-state index in [1.54, 1.807) is 0 Å². The molecule has 0 atom stereocenters. The first-order valence-corrected chi connectivity index (χ1v) is 11.0. The van der Waals surface area contributed by atoms with E-state index in [4.69, 9.17) is 0 Å². The molecule has 3 aromatic carbocycles. The van der Waals surface area contributed by atoms with Crippen LogP contribution < -0.4 is 10.9 Å². The van der Waals surface area contributed by atoms with Crippen LogP contribution in [-0.4, -0.2) is 20.3 Å². The quantitative estimate of drug-likeness (QED) is 0.431. The molecule has 2 aromatic heterocycles. The molecule has 5 rings (SSSR count). The molecule has 0 fully saturated rings. The van der Waals surface area contributed by atoms with Crippen molar-refractivity contribution in [3.05, 3.63) is 100.0 Å². The predicted molar refractivity (Wildman–Crippen MR) is 132 cm³/mol. The number of amides is 1. The second-order valence-corrected chi connectivity index (χ2v) is 8.21. The Balaban J connectivity index is 1.75. The lowest BCUT2D eigenvalue weighted by Crippen LogP contribution is -2.27. The number of nitrogens with zero attached hydrogens (tertiary/aromatic N) is 3. The number of hydrogen-bond donors (Lipinski definition) is 1. The van der Waals surface area contributed by atoms with Gasteiger partial charge in [0.25, 0.3) is 11.5 Å². The van der Waals surface area contributed by atoms with E-state index in [-0.39, 0.29) is 17.2 Å². The van der Waals surface area contributed by atoms with Crippen LogP contribution >= 0.6 is 0 Å². The molecule has 0 saturated heterocycles. The van der Waals surface area contributed by atoms with Gasteiger partial charge in [-0.15, -0.1) is 0 Å². The van der Waals surface area contributed by atoms with Crippen LogP contribution in [0.15, 0.2) is 77.6 Å².